The molecule has 0 heterocycles. The molecule has 0 radical (unpaired) electrons. The van der Waals surface area contributed by atoms with Crippen molar-refractivity contribution in [1.82, 2.24) is 5.32 Å². The van der Waals surface area contributed by atoms with Crippen molar-refractivity contribution >= 4 is 11.9 Å². The van der Waals surface area contributed by atoms with E-state index in [0.717, 1.165) is 18.4 Å². The number of aliphatic carboxylic acids is 1. The summed E-state index contributed by atoms with van der Waals surface area (Å²) in [6, 6.07) is 9.71. The molecule has 1 amide bonds. The van der Waals surface area contributed by atoms with Crippen LogP contribution in [0.25, 0.3) is 0 Å². The van der Waals surface area contributed by atoms with E-state index < -0.39 is 17.8 Å². The van der Waals surface area contributed by atoms with Crippen molar-refractivity contribution in [3.63, 3.8) is 0 Å². The van der Waals surface area contributed by atoms with Crippen LogP contribution in [-0.4, -0.2) is 17.0 Å². The summed E-state index contributed by atoms with van der Waals surface area (Å²) in [5.41, 5.74) is 3.43. The predicted molar refractivity (Wildman–Crippen MR) is 87.5 cm³/mol. The SMILES string of the molecule is CC(C)=C1[C@H]2CC[C@H]1[C@@H](C(=O)O)[C@H]2C(=O)NCc1ccccc1. The largest absolute Gasteiger partial charge is 0.481 e. The third kappa shape index (κ3) is 2.78. The van der Waals surface area contributed by atoms with Crippen LogP contribution in [0, 0.1) is 23.7 Å². The van der Waals surface area contributed by atoms with E-state index in [9.17, 15) is 14.7 Å². The summed E-state index contributed by atoms with van der Waals surface area (Å²) in [6.45, 7) is 4.51. The van der Waals surface area contributed by atoms with Gasteiger partial charge in [0.25, 0.3) is 0 Å². The molecule has 2 N–H and O–H groups in total. The first-order valence-corrected chi connectivity index (χ1v) is 8.22. The second-order valence-corrected chi connectivity index (χ2v) is 6.84. The second kappa shape index (κ2) is 6.19. The first kappa shape index (κ1) is 15.8. The van der Waals surface area contributed by atoms with Crippen LogP contribution in [0.1, 0.15) is 32.3 Å². The Morgan fingerprint density at radius 1 is 1.09 bits per heavy atom. The minimum absolute atomic E-state index is 0.0370. The molecule has 2 fully saturated rings. The van der Waals surface area contributed by atoms with Gasteiger partial charge in [0.05, 0.1) is 11.8 Å². The fraction of sp³-hybridized carbons (Fsp3) is 0.474. The molecule has 2 aliphatic carbocycles. The van der Waals surface area contributed by atoms with E-state index in [0.29, 0.717) is 6.54 Å². The number of hydrogen-bond acceptors (Lipinski definition) is 2. The maximum absolute atomic E-state index is 12.7. The van der Waals surface area contributed by atoms with Crippen molar-refractivity contribution in [3.8, 4) is 0 Å². The number of carbonyl (C=O) groups is 2. The predicted octanol–water partition coefficient (Wildman–Crippen LogP) is 3.00. The summed E-state index contributed by atoms with van der Waals surface area (Å²) in [4.78, 5) is 24.4. The number of hydrogen-bond donors (Lipinski definition) is 2. The molecule has 4 nitrogen and oxygen atoms in total. The van der Waals surface area contributed by atoms with E-state index in [1.54, 1.807) is 0 Å². The summed E-state index contributed by atoms with van der Waals surface area (Å²) in [7, 11) is 0. The molecule has 0 unspecified atom stereocenters. The summed E-state index contributed by atoms with van der Waals surface area (Å²) in [6.07, 6.45) is 1.82. The number of carbonyl (C=O) groups excluding carboxylic acids is 1. The van der Waals surface area contributed by atoms with Crippen LogP contribution in [0.15, 0.2) is 41.5 Å². The average Bonchev–Trinajstić information content (AvgIpc) is 3.09. The number of benzene rings is 1. The van der Waals surface area contributed by atoms with Crippen LogP contribution in [0.4, 0.5) is 0 Å². The number of carboxylic acids is 1. The number of nitrogens with one attached hydrogen (secondary N) is 1. The minimum atomic E-state index is -0.837. The number of carboxylic acid groups (broad SMARTS) is 1. The molecule has 0 aliphatic heterocycles. The molecular formula is C19H23NO3. The van der Waals surface area contributed by atoms with Crippen LogP contribution in [-0.2, 0) is 16.1 Å². The molecule has 122 valence electrons. The quantitative estimate of drug-likeness (QED) is 0.840. The zero-order valence-electron chi connectivity index (χ0n) is 13.6. The van der Waals surface area contributed by atoms with Crippen LogP contribution in [0.3, 0.4) is 0 Å². The van der Waals surface area contributed by atoms with Crippen LogP contribution in [0.2, 0.25) is 0 Å². The molecular weight excluding hydrogens is 290 g/mol. The second-order valence-electron chi connectivity index (χ2n) is 6.84. The minimum Gasteiger partial charge on any atom is -0.481 e. The van der Waals surface area contributed by atoms with Crippen molar-refractivity contribution in [1.29, 1.82) is 0 Å². The number of fused-ring (bicyclic) bond motifs is 2. The highest BCUT2D eigenvalue weighted by Gasteiger charge is 2.57. The topological polar surface area (TPSA) is 66.4 Å². The molecule has 0 aromatic heterocycles. The zero-order chi connectivity index (χ0) is 16.6. The molecule has 0 saturated heterocycles. The summed E-state index contributed by atoms with van der Waals surface area (Å²) in [5, 5.41) is 12.6. The standard InChI is InChI=1S/C19H23NO3/c1-11(2)15-13-8-9-14(15)17(19(22)23)16(13)18(21)20-10-12-6-4-3-5-7-12/h3-7,13-14,16-17H,8-10H2,1-2H3,(H,20,21)(H,22,23)/t13-,14-,16+,17-/m1/s1. The fourth-order valence-electron chi connectivity index (χ4n) is 4.51. The Labute approximate surface area is 136 Å². The Bertz CT molecular complexity index is 646. The summed E-state index contributed by atoms with van der Waals surface area (Å²) in [5.74, 6) is -1.82. The van der Waals surface area contributed by atoms with Gasteiger partial charge >= 0.3 is 5.97 Å². The first-order valence-electron chi connectivity index (χ1n) is 8.22. The smallest absolute Gasteiger partial charge is 0.307 e. The Hall–Kier alpha value is -2.10. The first-order chi connectivity index (χ1) is 11.0. The van der Waals surface area contributed by atoms with E-state index in [2.05, 4.69) is 5.32 Å². The number of rotatable bonds is 4. The Balaban J connectivity index is 1.79. The maximum atomic E-state index is 12.7. The van der Waals surface area contributed by atoms with Gasteiger partial charge in [-0.15, -0.1) is 0 Å². The van der Waals surface area contributed by atoms with Gasteiger partial charge in [-0.25, -0.2) is 0 Å². The third-order valence-electron chi connectivity index (χ3n) is 5.32. The van der Waals surface area contributed by atoms with Crippen molar-refractivity contribution in [2.75, 3.05) is 0 Å². The van der Waals surface area contributed by atoms with Crippen molar-refractivity contribution in [2.45, 2.75) is 33.2 Å². The highest BCUT2D eigenvalue weighted by molar-refractivity contribution is 5.87. The zero-order valence-corrected chi connectivity index (χ0v) is 13.6. The van der Waals surface area contributed by atoms with Gasteiger partial charge in [-0.05, 0) is 44.1 Å². The normalized spacial score (nSPS) is 28.7. The molecule has 23 heavy (non-hydrogen) atoms. The maximum Gasteiger partial charge on any atom is 0.307 e. The molecule has 4 heteroatoms. The lowest BCUT2D eigenvalue weighted by Gasteiger charge is -2.26. The number of amides is 1. The highest BCUT2D eigenvalue weighted by atomic mass is 16.4. The molecule has 1 aromatic rings. The van der Waals surface area contributed by atoms with Crippen LogP contribution >= 0.6 is 0 Å². The molecule has 2 saturated carbocycles. The molecule has 0 spiro atoms. The van der Waals surface area contributed by atoms with Crippen molar-refractivity contribution in [2.24, 2.45) is 23.7 Å². The van der Waals surface area contributed by atoms with E-state index in [-0.39, 0.29) is 17.7 Å². The van der Waals surface area contributed by atoms with Crippen molar-refractivity contribution in [3.05, 3.63) is 47.0 Å². The van der Waals surface area contributed by atoms with Gasteiger partial charge in [0.15, 0.2) is 0 Å². The molecule has 2 bridgehead atoms. The van der Waals surface area contributed by atoms with Crippen LogP contribution in [0.5, 0.6) is 0 Å². The number of allylic oxidation sites excluding steroid dienone is 2. The Morgan fingerprint density at radius 2 is 1.70 bits per heavy atom. The van der Waals surface area contributed by atoms with E-state index >= 15 is 0 Å². The fourth-order valence-corrected chi connectivity index (χ4v) is 4.51. The lowest BCUT2D eigenvalue weighted by molar-refractivity contribution is -0.149. The summed E-state index contributed by atoms with van der Waals surface area (Å²) >= 11 is 0. The Morgan fingerprint density at radius 3 is 2.26 bits per heavy atom. The van der Waals surface area contributed by atoms with Gasteiger partial charge in [0.2, 0.25) is 5.91 Å². The highest BCUT2D eigenvalue weighted by Crippen LogP contribution is 2.57. The lowest BCUT2D eigenvalue weighted by atomic mass is 9.78. The van der Waals surface area contributed by atoms with Gasteiger partial charge < -0.3 is 10.4 Å². The van der Waals surface area contributed by atoms with Gasteiger partial charge in [-0.1, -0.05) is 41.5 Å². The van der Waals surface area contributed by atoms with E-state index in [1.165, 1.54) is 11.1 Å². The molecule has 1 aromatic carbocycles. The van der Waals surface area contributed by atoms with Gasteiger partial charge in [0.1, 0.15) is 0 Å². The lowest BCUT2D eigenvalue weighted by Crippen LogP contribution is -2.41. The van der Waals surface area contributed by atoms with Crippen molar-refractivity contribution < 1.29 is 14.7 Å². The molecule has 4 atom stereocenters. The van der Waals surface area contributed by atoms with E-state index in [1.807, 2.05) is 44.2 Å². The molecule has 3 rings (SSSR count). The van der Waals surface area contributed by atoms with Gasteiger partial charge in [-0.2, -0.15) is 0 Å². The third-order valence-corrected chi connectivity index (χ3v) is 5.32. The van der Waals surface area contributed by atoms with E-state index in [4.69, 9.17) is 0 Å². The Kier molecular flexibility index (Phi) is 4.24. The molecule has 2 aliphatic rings. The van der Waals surface area contributed by atoms with Crippen LogP contribution < -0.4 is 5.32 Å². The van der Waals surface area contributed by atoms with Gasteiger partial charge in [-0.3, -0.25) is 9.59 Å². The monoisotopic (exact) mass is 313 g/mol. The average molecular weight is 313 g/mol. The van der Waals surface area contributed by atoms with Gasteiger partial charge in [0, 0.05) is 6.54 Å². The summed E-state index contributed by atoms with van der Waals surface area (Å²) < 4.78 is 0.